The maximum atomic E-state index is 6.02. The first-order valence-electron chi connectivity index (χ1n) is 3.92. The van der Waals surface area contributed by atoms with E-state index in [9.17, 15) is 0 Å². The van der Waals surface area contributed by atoms with Gasteiger partial charge in [-0.15, -0.1) is 0 Å². The van der Waals surface area contributed by atoms with Crippen molar-refractivity contribution in [3.63, 3.8) is 0 Å². The monoisotopic (exact) mass is 201 g/mol. The Hall–Kier alpha value is -0.240. The minimum atomic E-state index is 0.148. The van der Waals surface area contributed by atoms with Gasteiger partial charge in [-0.25, -0.2) is 0 Å². The fraction of sp³-hybridized carbons (Fsp3) is 0.333. The Balaban J connectivity index is 2.60. The highest BCUT2D eigenvalue weighted by atomic mass is 35.5. The van der Waals surface area contributed by atoms with Gasteiger partial charge < -0.3 is 5.73 Å². The molecule has 0 saturated carbocycles. The van der Waals surface area contributed by atoms with E-state index in [1.807, 2.05) is 12.1 Å². The van der Waals surface area contributed by atoms with Crippen molar-refractivity contribution in [2.45, 2.75) is 18.9 Å². The van der Waals surface area contributed by atoms with Crippen molar-refractivity contribution in [2.24, 2.45) is 5.73 Å². The molecule has 0 aromatic heterocycles. The molecule has 64 valence electrons. The average Bonchev–Trinajstić information content (AvgIpc) is 2.41. The number of hydrogen-bond acceptors (Lipinski definition) is 1. The maximum Gasteiger partial charge on any atom is 0.0627 e. The smallest absolute Gasteiger partial charge is 0.0627 e. The molecule has 0 heterocycles. The molecule has 12 heavy (non-hydrogen) atoms. The van der Waals surface area contributed by atoms with Gasteiger partial charge in [0.25, 0.3) is 0 Å². The molecule has 0 bridgehead atoms. The molecule has 2 N–H and O–H groups in total. The topological polar surface area (TPSA) is 26.0 Å². The Morgan fingerprint density at radius 1 is 1.33 bits per heavy atom. The van der Waals surface area contributed by atoms with Crippen LogP contribution in [-0.4, -0.2) is 0 Å². The van der Waals surface area contributed by atoms with Crippen LogP contribution in [0.15, 0.2) is 12.1 Å². The second kappa shape index (κ2) is 2.91. The van der Waals surface area contributed by atoms with E-state index in [0.29, 0.717) is 10.0 Å². The maximum absolute atomic E-state index is 6.02. The molecular formula is C9H9Cl2N. The van der Waals surface area contributed by atoms with E-state index in [2.05, 4.69) is 0 Å². The molecule has 1 aliphatic carbocycles. The Kier molecular flexibility index (Phi) is 2.03. The van der Waals surface area contributed by atoms with Crippen LogP contribution in [0.4, 0.5) is 0 Å². The first-order chi connectivity index (χ1) is 5.70. The van der Waals surface area contributed by atoms with E-state index in [4.69, 9.17) is 28.9 Å². The Morgan fingerprint density at radius 2 is 2.08 bits per heavy atom. The fourth-order valence-electron chi connectivity index (χ4n) is 1.66. The van der Waals surface area contributed by atoms with Crippen molar-refractivity contribution in [3.8, 4) is 0 Å². The number of halogens is 2. The molecule has 1 aliphatic rings. The molecule has 1 unspecified atom stereocenters. The van der Waals surface area contributed by atoms with Crippen molar-refractivity contribution >= 4 is 23.2 Å². The van der Waals surface area contributed by atoms with Crippen LogP contribution in [0.5, 0.6) is 0 Å². The lowest BCUT2D eigenvalue weighted by molar-refractivity contribution is 0.713. The predicted octanol–water partition coefficient (Wildman–Crippen LogP) is 2.94. The number of rotatable bonds is 0. The third-order valence-corrected chi connectivity index (χ3v) is 3.18. The summed E-state index contributed by atoms with van der Waals surface area (Å²) in [6.45, 7) is 0. The summed E-state index contributed by atoms with van der Waals surface area (Å²) in [5, 5.41) is 1.31. The van der Waals surface area contributed by atoms with E-state index in [1.54, 1.807) is 0 Å². The fourth-order valence-corrected chi connectivity index (χ4v) is 2.11. The lowest BCUT2D eigenvalue weighted by Gasteiger charge is -2.06. The first-order valence-corrected chi connectivity index (χ1v) is 4.68. The molecule has 1 aromatic carbocycles. The van der Waals surface area contributed by atoms with Crippen LogP contribution in [-0.2, 0) is 6.42 Å². The van der Waals surface area contributed by atoms with Gasteiger partial charge in [0.2, 0.25) is 0 Å². The lowest BCUT2D eigenvalue weighted by atomic mass is 10.1. The van der Waals surface area contributed by atoms with Gasteiger partial charge in [-0.1, -0.05) is 29.3 Å². The summed E-state index contributed by atoms with van der Waals surface area (Å²) in [4.78, 5) is 0. The number of hydrogen-bond donors (Lipinski definition) is 1. The molecule has 1 atom stereocenters. The van der Waals surface area contributed by atoms with Crippen LogP contribution < -0.4 is 5.73 Å². The van der Waals surface area contributed by atoms with Gasteiger partial charge in [0.1, 0.15) is 0 Å². The number of fused-ring (bicyclic) bond motifs is 1. The summed E-state index contributed by atoms with van der Waals surface area (Å²) >= 11 is 11.9. The molecule has 0 aliphatic heterocycles. The molecule has 0 saturated heterocycles. The van der Waals surface area contributed by atoms with Gasteiger partial charge in [0.15, 0.2) is 0 Å². The molecular weight excluding hydrogens is 193 g/mol. The highest BCUT2D eigenvalue weighted by molar-refractivity contribution is 6.42. The van der Waals surface area contributed by atoms with Crippen LogP contribution >= 0.6 is 23.2 Å². The van der Waals surface area contributed by atoms with Gasteiger partial charge >= 0.3 is 0 Å². The van der Waals surface area contributed by atoms with Crippen molar-refractivity contribution in [2.75, 3.05) is 0 Å². The highest BCUT2D eigenvalue weighted by Crippen LogP contribution is 2.37. The largest absolute Gasteiger partial charge is 0.324 e. The summed E-state index contributed by atoms with van der Waals surface area (Å²) in [5.41, 5.74) is 8.16. The van der Waals surface area contributed by atoms with Crippen molar-refractivity contribution in [3.05, 3.63) is 33.3 Å². The van der Waals surface area contributed by atoms with Crippen LogP contribution in [0.1, 0.15) is 23.6 Å². The molecule has 1 nitrogen and oxygen atoms in total. The first kappa shape index (κ1) is 8.36. The van der Waals surface area contributed by atoms with E-state index in [0.717, 1.165) is 24.0 Å². The second-order valence-electron chi connectivity index (χ2n) is 3.07. The van der Waals surface area contributed by atoms with Crippen LogP contribution in [0.3, 0.4) is 0 Å². The molecule has 0 radical (unpaired) electrons. The van der Waals surface area contributed by atoms with Gasteiger partial charge in [0.05, 0.1) is 10.0 Å². The van der Waals surface area contributed by atoms with E-state index >= 15 is 0 Å². The Morgan fingerprint density at radius 3 is 2.83 bits per heavy atom. The average molecular weight is 202 g/mol. The van der Waals surface area contributed by atoms with Crippen molar-refractivity contribution in [1.82, 2.24) is 0 Å². The second-order valence-corrected chi connectivity index (χ2v) is 3.86. The molecule has 2 rings (SSSR count). The van der Waals surface area contributed by atoms with Crippen LogP contribution in [0.25, 0.3) is 0 Å². The van der Waals surface area contributed by atoms with E-state index in [1.165, 1.54) is 0 Å². The van der Waals surface area contributed by atoms with Crippen molar-refractivity contribution < 1.29 is 0 Å². The Labute approximate surface area is 81.5 Å². The predicted molar refractivity (Wildman–Crippen MR) is 51.7 cm³/mol. The van der Waals surface area contributed by atoms with Crippen molar-refractivity contribution in [1.29, 1.82) is 0 Å². The zero-order chi connectivity index (χ0) is 8.72. The van der Waals surface area contributed by atoms with E-state index in [-0.39, 0.29) is 6.04 Å². The summed E-state index contributed by atoms with van der Waals surface area (Å²) < 4.78 is 0. The molecule has 3 heteroatoms. The van der Waals surface area contributed by atoms with Gasteiger partial charge in [-0.2, -0.15) is 0 Å². The lowest BCUT2D eigenvalue weighted by Crippen LogP contribution is -2.04. The molecule has 0 spiro atoms. The summed E-state index contributed by atoms with van der Waals surface area (Å²) in [5.74, 6) is 0. The summed E-state index contributed by atoms with van der Waals surface area (Å²) in [6, 6.07) is 3.93. The third kappa shape index (κ3) is 1.13. The summed E-state index contributed by atoms with van der Waals surface area (Å²) in [7, 11) is 0. The number of benzene rings is 1. The number of nitrogens with two attached hydrogens (primary N) is 1. The summed E-state index contributed by atoms with van der Waals surface area (Å²) in [6.07, 6.45) is 1.94. The quantitative estimate of drug-likeness (QED) is 0.687. The normalized spacial score (nSPS) is 21.1. The highest BCUT2D eigenvalue weighted by Gasteiger charge is 2.22. The van der Waals surface area contributed by atoms with E-state index < -0.39 is 0 Å². The standard InChI is InChI=1S/C9H9Cl2N/c10-7-3-1-5-6(9(7)11)2-4-8(5)12/h1,3,8H,2,4,12H2. The zero-order valence-corrected chi connectivity index (χ0v) is 7.99. The van der Waals surface area contributed by atoms with Gasteiger partial charge in [0, 0.05) is 6.04 Å². The van der Waals surface area contributed by atoms with Crippen LogP contribution in [0, 0.1) is 0 Å². The molecule has 0 amide bonds. The van der Waals surface area contributed by atoms with Gasteiger partial charge in [-0.05, 0) is 30.0 Å². The SMILES string of the molecule is NC1CCc2c1ccc(Cl)c2Cl. The minimum Gasteiger partial charge on any atom is -0.324 e. The third-order valence-electron chi connectivity index (χ3n) is 2.34. The molecule has 1 aromatic rings. The minimum absolute atomic E-state index is 0.148. The van der Waals surface area contributed by atoms with Gasteiger partial charge in [-0.3, -0.25) is 0 Å². The molecule has 0 fully saturated rings. The van der Waals surface area contributed by atoms with Crippen LogP contribution in [0.2, 0.25) is 10.0 Å². The Bertz CT molecular complexity index is 323. The zero-order valence-electron chi connectivity index (χ0n) is 6.48.